The molecule has 1 amide bonds. The van der Waals surface area contributed by atoms with Gasteiger partial charge >= 0.3 is 0 Å². The number of aryl methyl sites for hydroxylation is 2. The van der Waals surface area contributed by atoms with E-state index in [1.807, 2.05) is 74.5 Å². The number of nitrogens with zero attached hydrogens (tertiary/aromatic N) is 2. The molecule has 0 radical (unpaired) electrons. The van der Waals surface area contributed by atoms with Gasteiger partial charge in [0.15, 0.2) is 4.34 Å². The molecule has 174 valence electrons. The van der Waals surface area contributed by atoms with Crippen LogP contribution >= 0.6 is 23.1 Å². The first-order chi connectivity index (χ1) is 16.4. The molecule has 1 unspecified atom stereocenters. The maximum absolute atomic E-state index is 13.4. The van der Waals surface area contributed by atoms with Crippen LogP contribution in [0.25, 0.3) is 0 Å². The van der Waals surface area contributed by atoms with Crippen molar-refractivity contribution in [3.63, 3.8) is 0 Å². The summed E-state index contributed by atoms with van der Waals surface area (Å²) in [5.74, 6) is 0.405. The summed E-state index contributed by atoms with van der Waals surface area (Å²) in [6.45, 7) is 8.37. The number of thioether (sulfide) groups is 1. The van der Waals surface area contributed by atoms with E-state index in [1.54, 1.807) is 0 Å². The summed E-state index contributed by atoms with van der Waals surface area (Å²) in [6.07, 6.45) is 0. The fourth-order valence-corrected chi connectivity index (χ4v) is 5.42. The van der Waals surface area contributed by atoms with E-state index in [0.29, 0.717) is 11.0 Å². The first-order valence-electron chi connectivity index (χ1n) is 11.2. The van der Waals surface area contributed by atoms with Gasteiger partial charge in [-0.2, -0.15) is 0 Å². The predicted octanol–water partition coefficient (Wildman–Crippen LogP) is 7.49. The number of amides is 1. The van der Waals surface area contributed by atoms with Gasteiger partial charge in [0, 0.05) is 11.4 Å². The average molecular weight is 489 g/mol. The number of benzene rings is 3. The highest BCUT2D eigenvalue weighted by atomic mass is 32.2. The van der Waals surface area contributed by atoms with E-state index in [-0.39, 0.29) is 5.91 Å². The van der Waals surface area contributed by atoms with Crippen molar-refractivity contribution in [3.05, 3.63) is 95.1 Å². The van der Waals surface area contributed by atoms with Gasteiger partial charge in [-0.1, -0.05) is 91.5 Å². The van der Waals surface area contributed by atoms with Crippen LogP contribution in [0.15, 0.2) is 77.1 Å². The zero-order chi connectivity index (χ0) is 24.1. The zero-order valence-electron chi connectivity index (χ0n) is 19.7. The molecule has 7 heteroatoms. The Balaban J connectivity index is 1.51. The second kappa shape index (κ2) is 10.8. The Hall–Kier alpha value is -3.16. The number of hydrogen-bond donors (Lipinski definition) is 2. The van der Waals surface area contributed by atoms with Crippen LogP contribution in [0.1, 0.15) is 47.3 Å². The van der Waals surface area contributed by atoms with Crippen molar-refractivity contribution >= 4 is 45.5 Å². The fourth-order valence-electron chi connectivity index (χ4n) is 3.45. The molecule has 0 fully saturated rings. The van der Waals surface area contributed by atoms with Gasteiger partial charge in [0.1, 0.15) is 5.25 Å². The largest absolute Gasteiger partial charge is 0.330 e. The lowest BCUT2D eigenvalue weighted by Gasteiger charge is -2.17. The third-order valence-electron chi connectivity index (χ3n) is 5.45. The van der Waals surface area contributed by atoms with Gasteiger partial charge in [-0.05, 0) is 60.2 Å². The second-order valence-corrected chi connectivity index (χ2v) is 10.8. The van der Waals surface area contributed by atoms with Gasteiger partial charge < -0.3 is 10.6 Å². The summed E-state index contributed by atoms with van der Waals surface area (Å²) >= 11 is 2.85. The number of carbonyl (C=O) groups excluding carboxylic acids is 1. The summed E-state index contributed by atoms with van der Waals surface area (Å²) in [6, 6.07) is 24.2. The summed E-state index contributed by atoms with van der Waals surface area (Å²) in [5.41, 5.74) is 6.14. The summed E-state index contributed by atoms with van der Waals surface area (Å²) < 4.78 is 0.728. The van der Waals surface area contributed by atoms with Crippen molar-refractivity contribution < 1.29 is 4.79 Å². The quantitative estimate of drug-likeness (QED) is 0.251. The minimum atomic E-state index is -0.452. The zero-order valence-corrected chi connectivity index (χ0v) is 21.3. The minimum Gasteiger partial charge on any atom is -0.330 e. The molecule has 1 heterocycles. The van der Waals surface area contributed by atoms with Crippen LogP contribution < -0.4 is 10.6 Å². The number of rotatable bonds is 8. The summed E-state index contributed by atoms with van der Waals surface area (Å²) in [7, 11) is 0. The Morgan fingerprint density at radius 3 is 2.35 bits per heavy atom. The van der Waals surface area contributed by atoms with Crippen LogP contribution in [0.5, 0.6) is 0 Å². The topological polar surface area (TPSA) is 66.9 Å². The Bertz CT molecular complexity index is 1250. The first kappa shape index (κ1) is 24.0. The van der Waals surface area contributed by atoms with Crippen molar-refractivity contribution in [2.24, 2.45) is 0 Å². The fraction of sp³-hybridized carbons (Fsp3) is 0.222. The maximum atomic E-state index is 13.4. The number of hydrogen-bond acceptors (Lipinski definition) is 6. The minimum absolute atomic E-state index is 0.0844. The van der Waals surface area contributed by atoms with Crippen molar-refractivity contribution in [2.45, 2.75) is 43.2 Å². The highest BCUT2D eigenvalue weighted by Gasteiger charge is 2.24. The normalized spacial score (nSPS) is 11.9. The Labute approximate surface area is 209 Å². The van der Waals surface area contributed by atoms with Crippen LogP contribution in [-0.4, -0.2) is 16.1 Å². The lowest BCUT2D eigenvalue weighted by atomic mass is 10.0. The molecular formula is C27H28N4OS2. The highest BCUT2D eigenvalue weighted by Crippen LogP contribution is 2.39. The number of aromatic nitrogens is 2. The third kappa shape index (κ3) is 6.04. The molecule has 5 nitrogen and oxygen atoms in total. The van der Waals surface area contributed by atoms with E-state index in [9.17, 15) is 4.79 Å². The molecule has 0 saturated carbocycles. The van der Waals surface area contributed by atoms with Gasteiger partial charge in [0.25, 0.3) is 0 Å². The van der Waals surface area contributed by atoms with Gasteiger partial charge in [0.2, 0.25) is 11.0 Å². The van der Waals surface area contributed by atoms with E-state index in [2.05, 4.69) is 46.8 Å². The van der Waals surface area contributed by atoms with Crippen LogP contribution in [0, 0.1) is 13.8 Å². The van der Waals surface area contributed by atoms with E-state index in [1.165, 1.54) is 28.7 Å². The Kier molecular flexibility index (Phi) is 7.65. The van der Waals surface area contributed by atoms with E-state index >= 15 is 0 Å². The summed E-state index contributed by atoms with van der Waals surface area (Å²) in [4.78, 5) is 13.4. The van der Waals surface area contributed by atoms with E-state index in [4.69, 9.17) is 0 Å². The molecule has 0 saturated heterocycles. The van der Waals surface area contributed by atoms with Crippen LogP contribution in [0.2, 0.25) is 0 Å². The van der Waals surface area contributed by atoms with Gasteiger partial charge in [-0.15, -0.1) is 10.2 Å². The lowest BCUT2D eigenvalue weighted by molar-refractivity contribution is -0.115. The van der Waals surface area contributed by atoms with Crippen molar-refractivity contribution in [1.29, 1.82) is 0 Å². The van der Waals surface area contributed by atoms with Crippen molar-refractivity contribution in [3.8, 4) is 0 Å². The molecule has 2 N–H and O–H groups in total. The monoisotopic (exact) mass is 488 g/mol. The average Bonchev–Trinajstić information content (AvgIpc) is 3.27. The SMILES string of the molecule is Cc1ccc(C)c(NC(=O)C(Sc2nnc(Nc3ccc(C(C)C)cc3)s2)c2ccccc2)c1. The molecule has 1 aromatic heterocycles. The Morgan fingerprint density at radius 1 is 0.912 bits per heavy atom. The third-order valence-corrected chi connectivity index (χ3v) is 7.62. The molecule has 1 atom stereocenters. The van der Waals surface area contributed by atoms with Gasteiger partial charge in [0.05, 0.1) is 0 Å². The molecule has 0 aliphatic rings. The maximum Gasteiger partial charge on any atom is 0.242 e. The van der Waals surface area contributed by atoms with Crippen molar-refractivity contribution in [2.75, 3.05) is 10.6 Å². The van der Waals surface area contributed by atoms with Crippen LogP contribution in [0.4, 0.5) is 16.5 Å². The lowest BCUT2D eigenvalue weighted by Crippen LogP contribution is -2.19. The molecule has 34 heavy (non-hydrogen) atoms. The Morgan fingerprint density at radius 2 is 1.65 bits per heavy atom. The number of carbonyl (C=O) groups is 1. The van der Waals surface area contributed by atoms with Crippen LogP contribution in [-0.2, 0) is 4.79 Å². The van der Waals surface area contributed by atoms with Gasteiger partial charge in [-0.3, -0.25) is 4.79 Å². The first-order valence-corrected chi connectivity index (χ1v) is 12.9. The van der Waals surface area contributed by atoms with E-state index in [0.717, 1.165) is 32.4 Å². The highest BCUT2D eigenvalue weighted by molar-refractivity contribution is 8.02. The molecular weight excluding hydrogens is 460 g/mol. The second-order valence-electron chi connectivity index (χ2n) is 8.49. The standard InChI is InChI=1S/C27H28N4OS2/c1-17(2)20-12-14-22(15-13-20)28-26-30-31-27(34-26)33-24(21-8-6-5-7-9-21)25(32)29-23-16-18(3)10-11-19(23)4/h5-17,24H,1-4H3,(H,28,30)(H,29,32). The molecule has 3 aromatic carbocycles. The number of anilines is 3. The molecule has 0 aliphatic heterocycles. The molecule has 0 spiro atoms. The molecule has 0 bridgehead atoms. The van der Waals surface area contributed by atoms with Crippen molar-refractivity contribution in [1.82, 2.24) is 10.2 Å². The van der Waals surface area contributed by atoms with Gasteiger partial charge in [-0.25, -0.2) is 0 Å². The molecule has 4 aromatic rings. The smallest absolute Gasteiger partial charge is 0.242 e. The summed E-state index contributed by atoms with van der Waals surface area (Å²) in [5, 5.41) is 15.3. The molecule has 4 rings (SSSR count). The molecule has 0 aliphatic carbocycles. The number of nitrogens with one attached hydrogen (secondary N) is 2. The predicted molar refractivity (Wildman–Crippen MR) is 143 cm³/mol. The van der Waals surface area contributed by atoms with Crippen LogP contribution in [0.3, 0.4) is 0 Å². The van der Waals surface area contributed by atoms with E-state index < -0.39 is 5.25 Å².